The molecule has 7 nitrogen and oxygen atoms in total. The maximum atomic E-state index is 12.1. The molecule has 1 aliphatic rings. The minimum atomic E-state index is 0.0379. The van der Waals surface area contributed by atoms with Gasteiger partial charge in [-0.3, -0.25) is 9.79 Å². The van der Waals surface area contributed by atoms with Crippen molar-refractivity contribution in [1.82, 2.24) is 20.5 Å². The van der Waals surface area contributed by atoms with Gasteiger partial charge >= 0.3 is 0 Å². The van der Waals surface area contributed by atoms with Crippen LogP contribution in [0.3, 0.4) is 0 Å². The van der Waals surface area contributed by atoms with E-state index in [0.29, 0.717) is 24.9 Å². The first-order valence-corrected chi connectivity index (χ1v) is 9.69. The number of guanidine groups is 1. The molecule has 1 aliphatic heterocycles. The quantitative estimate of drug-likeness (QED) is 0.619. The zero-order valence-electron chi connectivity index (χ0n) is 15.4. The van der Waals surface area contributed by atoms with Gasteiger partial charge in [0.2, 0.25) is 11.8 Å². The molecule has 1 saturated heterocycles. The zero-order chi connectivity index (χ0) is 18.5. The molecule has 0 aliphatic carbocycles. The van der Waals surface area contributed by atoms with Crippen molar-refractivity contribution in [3.8, 4) is 10.8 Å². The van der Waals surface area contributed by atoms with E-state index in [0.717, 1.165) is 23.5 Å². The first kappa shape index (κ1) is 18.4. The molecule has 2 N–H and O–H groups in total. The second-order valence-corrected chi connectivity index (χ2v) is 7.56. The number of aromatic nitrogens is 1. The monoisotopic (exact) mass is 375 g/mol. The second kappa shape index (κ2) is 8.35. The van der Waals surface area contributed by atoms with E-state index in [9.17, 15) is 4.79 Å². The summed E-state index contributed by atoms with van der Waals surface area (Å²) in [5.74, 6) is 1.59. The molecule has 3 rings (SSSR count). The number of likely N-dealkylation sites (tertiary alicyclic amines) is 1. The van der Waals surface area contributed by atoms with Crippen molar-refractivity contribution in [2.75, 3.05) is 20.1 Å². The van der Waals surface area contributed by atoms with Crippen molar-refractivity contribution in [3.63, 3.8) is 0 Å². The van der Waals surface area contributed by atoms with E-state index >= 15 is 0 Å². The van der Waals surface area contributed by atoms with Gasteiger partial charge in [0, 0.05) is 32.1 Å². The molecule has 26 heavy (non-hydrogen) atoms. The normalized spacial score (nSPS) is 17.8. The van der Waals surface area contributed by atoms with Crippen LogP contribution in [0.1, 0.15) is 26.0 Å². The Morgan fingerprint density at radius 1 is 1.54 bits per heavy atom. The van der Waals surface area contributed by atoms with Gasteiger partial charge in [0.15, 0.2) is 5.96 Å². The molecule has 1 atom stereocenters. The maximum Gasteiger partial charge on any atom is 0.236 e. The topological polar surface area (TPSA) is 82.8 Å². The number of rotatable bonds is 5. The molecule has 2 aromatic heterocycles. The number of hydrogen-bond donors (Lipinski definition) is 2. The number of nitrogens with zero attached hydrogens (tertiary/aromatic N) is 3. The van der Waals surface area contributed by atoms with Crippen molar-refractivity contribution in [2.45, 2.75) is 32.9 Å². The molecule has 0 spiro atoms. The van der Waals surface area contributed by atoms with E-state index < -0.39 is 0 Å². The SMILES string of the molecule is CN=C(NCc1coc(-c2cccs2)n1)NC1CCN(C(=O)C(C)C)C1. The molecular formula is C18H25N5O2S. The van der Waals surface area contributed by atoms with Gasteiger partial charge in [0.1, 0.15) is 6.26 Å². The Morgan fingerprint density at radius 3 is 3.08 bits per heavy atom. The lowest BCUT2D eigenvalue weighted by molar-refractivity contribution is -0.133. The summed E-state index contributed by atoms with van der Waals surface area (Å²) in [5, 5.41) is 8.64. The molecular weight excluding hydrogens is 350 g/mol. The largest absolute Gasteiger partial charge is 0.443 e. The molecule has 140 valence electrons. The first-order valence-electron chi connectivity index (χ1n) is 8.81. The van der Waals surface area contributed by atoms with Crippen LogP contribution in [0.5, 0.6) is 0 Å². The summed E-state index contributed by atoms with van der Waals surface area (Å²) in [6.07, 6.45) is 2.58. The third-order valence-electron chi connectivity index (χ3n) is 4.28. The van der Waals surface area contributed by atoms with Crippen LogP contribution in [-0.4, -0.2) is 47.9 Å². The number of oxazole rings is 1. The molecule has 1 unspecified atom stereocenters. The van der Waals surface area contributed by atoms with Crippen molar-refractivity contribution in [1.29, 1.82) is 0 Å². The summed E-state index contributed by atoms with van der Waals surface area (Å²) >= 11 is 1.60. The van der Waals surface area contributed by atoms with Gasteiger partial charge in [-0.15, -0.1) is 11.3 Å². The molecule has 3 heterocycles. The number of carbonyl (C=O) groups is 1. The van der Waals surface area contributed by atoms with Crippen LogP contribution in [0.4, 0.5) is 0 Å². The highest BCUT2D eigenvalue weighted by molar-refractivity contribution is 7.13. The summed E-state index contributed by atoms with van der Waals surface area (Å²) < 4.78 is 5.53. The van der Waals surface area contributed by atoms with Crippen molar-refractivity contribution >= 4 is 23.2 Å². The van der Waals surface area contributed by atoms with Gasteiger partial charge < -0.3 is 20.0 Å². The van der Waals surface area contributed by atoms with Crippen LogP contribution in [0.2, 0.25) is 0 Å². The van der Waals surface area contributed by atoms with Crippen LogP contribution in [0, 0.1) is 5.92 Å². The van der Waals surface area contributed by atoms with Gasteiger partial charge in [0.05, 0.1) is 17.1 Å². The fourth-order valence-corrected chi connectivity index (χ4v) is 3.56. The van der Waals surface area contributed by atoms with Crippen molar-refractivity contribution in [3.05, 3.63) is 29.5 Å². The highest BCUT2D eigenvalue weighted by Crippen LogP contribution is 2.23. The standard InChI is InChI=1S/C18H25N5O2S/c1-12(2)17(24)23-7-6-13(10-23)22-18(19-3)20-9-14-11-25-16(21-14)15-5-4-8-26-15/h4-5,8,11-13H,6-7,9-10H2,1-3H3,(H2,19,20,22). The first-order chi connectivity index (χ1) is 12.6. The molecule has 1 fully saturated rings. The number of carbonyl (C=O) groups excluding carboxylic acids is 1. The molecule has 0 saturated carbocycles. The number of aliphatic imine (C=N–C) groups is 1. The average molecular weight is 375 g/mol. The van der Waals surface area contributed by atoms with E-state index in [1.807, 2.05) is 36.3 Å². The van der Waals surface area contributed by atoms with Gasteiger partial charge in [-0.1, -0.05) is 19.9 Å². The highest BCUT2D eigenvalue weighted by Gasteiger charge is 2.27. The Balaban J connectivity index is 1.49. The van der Waals surface area contributed by atoms with Crippen LogP contribution in [-0.2, 0) is 11.3 Å². The van der Waals surface area contributed by atoms with Gasteiger partial charge in [-0.25, -0.2) is 4.98 Å². The van der Waals surface area contributed by atoms with Crippen LogP contribution < -0.4 is 10.6 Å². The summed E-state index contributed by atoms with van der Waals surface area (Å²) in [5.41, 5.74) is 0.819. The Hall–Kier alpha value is -2.35. The smallest absolute Gasteiger partial charge is 0.236 e. The predicted octanol–water partition coefficient (Wildman–Crippen LogP) is 2.33. The van der Waals surface area contributed by atoms with Gasteiger partial charge in [0.25, 0.3) is 0 Å². The molecule has 0 aromatic carbocycles. The Kier molecular flexibility index (Phi) is 5.92. The fraction of sp³-hybridized carbons (Fsp3) is 0.500. The summed E-state index contributed by atoms with van der Waals surface area (Å²) in [6.45, 7) is 5.90. The number of hydrogen-bond acceptors (Lipinski definition) is 5. The van der Waals surface area contributed by atoms with Crippen LogP contribution in [0.15, 0.2) is 33.2 Å². The van der Waals surface area contributed by atoms with E-state index in [1.54, 1.807) is 24.6 Å². The summed E-state index contributed by atoms with van der Waals surface area (Å²) in [4.78, 5) is 23.8. The fourth-order valence-electron chi connectivity index (χ4n) is 2.91. The molecule has 1 amide bonds. The lowest BCUT2D eigenvalue weighted by Crippen LogP contribution is -2.45. The third kappa shape index (κ3) is 4.43. The second-order valence-electron chi connectivity index (χ2n) is 6.62. The van der Waals surface area contributed by atoms with Crippen molar-refractivity contribution < 1.29 is 9.21 Å². The van der Waals surface area contributed by atoms with E-state index in [2.05, 4.69) is 20.6 Å². The minimum absolute atomic E-state index is 0.0379. The number of nitrogens with one attached hydrogen (secondary N) is 2. The molecule has 0 radical (unpaired) electrons. The van der Waals surface area contributed by atoms with E-state index in [4.69, 9.17) is 4.42 Å². The van der Waals surface area contributed by atoms with E-state index in [1.165, 1.54) is 0 Å². The Labute approximate surface area is 157 Å². The van der Waals surface area contributed by atoms with E-state index in [-0.39, 0.29) is 17.9 Å². The van der Waals surface area contributed by atoms with Crippen LogP contribution in [0.25, 0.3) is 10.8 Å². The highest BCUT2D eigenvalue weighted by atomic mass is 32.1. The Morgan fingerprint density at radius 2 is 2.38 bits per heavy atom. The van der Waals surface area contributed by atoms with Gasteiger partial charge in [-0.05, 0) is 17.9 Å². The number of amides is 1. The van der Waals surface area contributed by atoms with Crippen LogP contribution >= 0.6 is 11.3 Å². The lowest BCUT2D eigenvalue weighted by Gasteiger charge is -2.20. The third-order valence-corrected chi connectivity index (χ3v) is 5.14. The van der Waals surface area contributed by atoms with Crippen molar-refractivity contribution in [2.24, 2.45) is 10.9 Å². The maximum absolute atomic E-state index is 12.1. The molecule has 2 aromatic rings. The molecule has 0 bridgehead atoms. The zero-order valence-corrected chi connectivity index (χ0v) is 16.2. The minimum Gasteiger partial charge on any atom is -0.443 e. The lowest BCUT2D eigenvalue weighted by atomic mass is 10.2. The summed E-state index contributed by atoms with van der Waals surface area (Å²) in [6, 6.07) is 4.17. The number of thiophene rings is 1. The average Bonchev–Trinajstić information content (AvgIpc) is 3.38. The summed E-state index contributed by atoms with van der Waals surface area (Å²) in [7, 11) is 1.74. The van der Waals surface area contributed by atoms with Gasteiger partial charge in [-0.2, -0.15) is 0 Å². The molecule has 8 heteroatoms. The Bertz CT molecular complexity index is 753. The predicted molar refractivity (Wildman–Crippen MR) is 103 cm³/mol.